The highest BCUT2D eigenvalue weighted by Gasteiger charge is 2.29. The van der Waals surface area contributed by atoms with Crippen LogP contribution in [0.2, 0.25) is 0 Å². The lowest BCUT2D eigenvalue weighted by Crippen LogP contribution is -2.33. The van der Waals surface area contributed by atoms with Gasteiger partial charge in [-0.15, -0.1) is 0 Å². The van der Waals surface area contributed by atoms with E-state index < -0.39 is 0 Å². The number of ether oxygens (including phenoxy) is 2. The third-order valence-corrected chi connectivity index (χ3v) is 5.23. The standard InChI is InChI=1S/C22H23NO2/c1-23-12-11-16-13-20(24-2)21(25-3)14-19(16)22(23)18-10-6-8-15-7-4-5-9-17(15)18/h4-10,13-14,22H,11-12H2,1-3H3. The average molecular weight is 333 g/mol. The van der Waals surface area contributed by atoms with E-state index in [1.54, 1.807) is 14.2 Å². The Morgan fingerprint density at radius 2 is 1.60 bits per heavy atom. The first-order chi connectivity index (χ1) is 12.2. The molecule has 0 fully saturated rings. The normalized spacial score (nSPS) is 17.3. The van der Waals surface area contributed by atoms with E-state index in [2.05, 4.69) is 66.5 Å². The summed E-state index contributed by atoms with van der Waals surface area (Å²) in [6.07, 6.45) is 1.02. The maximum atomic E-state index is 5.57. The number of hydrogen-bond acceptors (Lipinski definition) is 3. The van der Waals surface area contributed by atoms with Crippen molar-refractivity contribution in [2.75, 3.05) is 27.8 Å². The van der Waals surface area contributed by atoms with Crippen molar-refractivity contribution < 1.29 is 9.47 Å². The highest BCUT2D eigenvalue weighted by Crippen LogP contribution is 2.41. The molecule has 3 aromatic carbocycles. The topological polar surface area (TPSA) is 21.7 Å². The highest BCUT2D eigenvalue weighted by molar-refractivity contribution is 5.86. The Labute approximate surface area is 148 Å². The second-order valence-corrected chi connectivity index (χ2v) is 6.61. The molecule has 25 heavy (non-hydrogen) atoms. The number of hydrogen-bond donors (Lipinski definition) is 0. The van der Waals surface area contributed by atoms with Gasteiger partial charge in [0.05, 0.1) is 20.3 Å². The Hall–Kier alpha value is -2.52. The van der Waals surface area contributed by atoms with E-state index >= 15 is 0 Å². The fourth-order valence-corrected chi connectivity index (χ4v) is 3.97. The van der Waals surface area contributed by atoms with E-state index in [0.29, 0.717) is 0 Å². The molecule has 1 heterocycles. The van der Waals surface area contributed by atoms with Crippen molar-refractivity contribution in [2.45, 2.75) is 12.5 Å². The number of fused-ring (bicyclic) bond motifs is 2. The lowest BCUT2D eigenvalue weighted by atomic mass is 9.86. The predicted octanol–water partition coefficient (Wildman–Crippen LogP) is 4.43. The molecule has 0 amide bonds. The second kappa shape index (κ2) is 6.41. The van der Waals surface area contributed by atoms with Crippen molar-refractivity contribution in [3.05, 3.63) is 71.3 Å². The summed E-state index contributed by atoms with van der Waals surface area (Å²) in [6, 6.07) is 19.7. The molecular formula is C22H23NO2. The van der Waals surface area contributed by atoms with E-state index in [1.807, 2.05) is 0 Å². The third-order valence-electron chi connectivity index (χ3n) is 5.23. The van der Waals surface area contributed by atoms with E-state index in [9.17, 15) is 0 Å². The molecule has 1 atom stereocenters. The van der Waals surface area contributed by atoms with Crippen molar-refractivity contribution in [2.24, 2.45) is 0 Å². The van der Waals surface area contributed by atoms with E-state index in [-0.39, 0.29) is 6.04 Å². The first-order valence-electron chi connectivity index (χ1n) is 8.65. The van der Waals surface area contributed by atoms with E-state index in [1.165, 1.54) is 27.5 Å². The van der Waals surface area contributed by atoms with Crippen molar-refractivity contribution in [3.8, 4) is 11.5 Å². The minimum atomic E-state index is 0.217. The van der Waals surface area contributed by atoms with E-state index in [0.717, 1.165) is 24.5 Å². The molecular weight excluding hydrogens is 310 g/mol. The Kier molecular flexibility index (Phi) is 4.10. The SMILES string of the molecule is COc1cc2c(cc1OC)C(c1cccc3ccccc13)N(C)CC2. The zero-order valence-electron chi connectivity index (χ0n) is 15.0. The summed E-state index contributed by atoms with van der Waals surface area (Å²) in [5.74, 6) is 1.60. The lowest BCUT2D eigenvalue weighted by Gasteiger charge is -2.36. The van der Waals surface area contributed by atoms with Gasteiger partial charge in [0, 0.05) is 6.54 Å². The summed E-state index contributed by atoms with van der Waals surface area (Å²) in [7, 11) is 5.59. The molecule has 0 bridgehead atoms. The molecule has 1 aliphatic heterocycles. The molecule has 1 aliphatic rings. The van der Waals surface area contributed by atoms with Gasteiger partial charge in [0.15, 0.2) is 11.5 Å². The number of benzene rings is 3. The molecule has 1 unspecified atom stereocenters. The molecule has 0 aliphatic carbocycles. The van der Waals surface area contributed by atoms with Crippen LogP contribution in [0.4, 0.5) is 0 Å². The Bertz CT molecular complexity index is 914. The van der Waals surface area contributed by atoms with Crippen LogP contribution in [0.3, 0.4) is 0 Å². The lowest BCUT2D eigenvalue weighted by molar-refractivity contribution is 0.263. The zero-order valence-corrected chi connectivity index (χ0v) is 15.0. The van der Waals surface area contributed by atoms with Crippen molar-refractivity contribution in [1.29, 1.82) is 0 Å². The van der Waals surface area contributed by atoms with Crippen LogP contribution in [0, 0.1) is 0 Å². The van der Waals surface area contributed by atoms with Crippen LogP contribution in [0.5, 0.6) is 11.5 Å². The molecule has 0 spiro atoms. The van der Waals surface area contributed by atoms with Gasteiger partial charge in [-0.1, -0.05) is 42.5 Å². The van der Waals surface area contributed by atoms with Gasteiger partial charge < -0.3 is 9.47 Å². The first-order valence-corrected chi connectivity index (χ1v) is 8.65. The Morgan fingerprint density at radius 1 is 0.880 bits per heavy atom. The number of methoxy groups -OCH3 is 2. The molecule has 4 rings (SSSR count). The van der Waals surface area contributed by atoms with Crippen LogP contribution in [0.15, 0.2) is 54.6 Å². The van der Waals surface area contributed by atoms with Gasteiger partial charge in [-0.2, -0.15) is 0 Å². The molecule has 128 valence electrons. The second-order valence-electron chi connectivity index (χ2n) is 6.61. The van der Waals surface area contributed by atoms with Crippen LogP contribution in [-0.2, 0) is 6.42 Å². The minimum absolute atomic E-state index is 0.217. The van der Waals surface area contributed by atoms with Crippen molar-refractivity contribution in [1.82, 2.24) is 4.90 Å². The van der Waals surface area contributed by atoms with Gasteiger partial charge in [-0.05, 0) is 53.1 Å². The summed E-state index contributed by atoms with van der Waals surface area (Å²) in [5, 5.41) is 2.59. The van der Waals surface area contributed by atoms with E-state index in [4.69, 9.17) is 9.47 Å². The van der Waals surface area contributed by atoms with Gasteiger partial charge >= 0.3 is 0 Å². The summed E-state index contributed by atoms with van der Waals surface area (Å²) >= 11 is 0. The largest absolute Gasteiger partial charge is 0.493 e. The maximum absolute atomic E-state index is 5.57. The van der Waals surface area contributed by atoms with Gasteiger partial charge in [0.25, 0.3) is 0 Å². The van der Waals surface area contributed by atoms with Crippen LogP contribution >= 0.6 is 0 Å². The summed E-state index contributed by atoms with van der Waals surface area (Å²) in [5.41, 5.74) is 3.99. The number of nitrogens with zero attached hydrogens (tertiary/aromatic N) is 1. The van der Waals surface area contributed by atoms with Gasteiger partial charge in [-0.3, -0.25) is 4.90 Å². The van der Waals surface area contributed by atoms with Gasteiger partial charge in [0.2, 0.25) is 0 Å². The molecule has 3 aromatic rings. The Balaban J connectivity index is 1.94. The Morgan fingerprint density at radius 3 is 2.40 bits per heavy atom. The molecule has 0 N–H and O–H groups in total. The maximum Gasteiger partial charge on any atom is 0.161 e. The molecule has 0 aromatic heterocycles. The predicted molar refractivity (Wildman–Crippen MR) is 102 cm³/mol. The van der Waals surface area contributed by atoms with Gasteiger partial charge in [-0.25, -0.2) is 0 Å². The first kappa shape index (κ1) is 16.0. The zero-order chi connectivity index (χ0) is 17.4. The summed E-state index contributed by atoms with van der Waals surface area (Å²) < 4.78 is 11.1. The summed E-state index contributed by atoms with van der Waals surface area (Å²) in [6.45, 7) is 1.02. The molecule has 3 nitrogen and oxygen atoms in total. The fourth-order valence-electron chi connectivity index (χ4n) is 3.97. The third kappa shape index (κ3) is 2.65. The van der Waals surface area contributed by atoms with Crippen LogP contribution in [-0.4, -0.2) is 32.7 Å². The van der Waals surface area contributed by atoms with Crippen molar-refractivity contribution in [3.63, 3.8) is 0 Å². The monoisotopic (exact) mass is 333 g/mol. The van der Waals surface area contributed by atoms with Gasteiger partial charge in [0.1, 0.15) is 0 Å². The van der Waals surface area contributed by atoms with Crippen LogP contribution in [0.1, 0.15) is 22.7 Å². The van der Waals surface area contributed by atoms with Crippen molar-refractivity contribution >= 4 is 10.8 Å². The molecule has 0 saturated heterocycles. The molecule has 0 saturated carbocycles. The fraction of sp³-hybridized carbons (Fsp3) is 0.273. The highest BCUT2D eigenvalue weighted by atomic mass is 16.5. The number of rotatable bonds is 3. The van der Waals surface area contributed by atoms with Crippen LogP contribution in [0.25, 0.3) is 10.8 Å². The summed E-state index contributed by atoms with van der Waals surface area (Å²) in [4.78, 5) is 2.43. The smallest absolute Gasteiger partial charge is 0.161 e. The number of likely N-dealkylation sites (N-methyl/N-ethyl adjacent to an activating group) is 1. The quantitative estimate of drug-likeness (QED) is 0.707. The molecule has 3 heteroatoms. The minimum Gasteiger partial charge on any atom is -0.493 e. The average Bonchev–Trinajstić information content (AvgIpc) is 2.66. The molecule has 0 radical (unpaired) electrons. The van der Waals surface area contributed by atoms with Crippen LogP contribution < -0.4 is 9.47 Å².